The molecule has 3 N–H and O–H groups in total. The molecule has 2 aliphatic heterocycles. The first-order valence-electron chi connectivity index (χ1n) is 10.3. The van der Waals surface area contributed by atoms with Crippen molar-refractivity contribution in [1.82, 2.24) is 20.6 Å². The number of carbonyl (C=O) groups is 2. The number of aromatic nitrogens is 2. The lowest BCUT2D eigenvalue weighted by Gasteiger charge is -2.31. The molecule has 2 aliphatic rings. The van der Waals surface area contributed by atoms with E-state index in [1.165, 1.54) is 11.9 Å². The van der Waals surface area contributed by atoms with Crippen LogP contribution in [0.4, 0.5) is 23.1 Å². The molecule has 1 aromatic carbocycles. The van der Waals surface area contributed by atoms with Crippen molar-refractivity contribution in [2.24, 2.45) is 5.92 Å². The summed E-state index contributed by atoms with van der Waals surface area (Å²) in [6.45, 7) is 3.59. The van der Waals surface area contributed by atoms with Gasteiger partial charge in [0.25, 0.3) is 0 Å². The molecule has 1 fully saturated rings. The summed E-state index contributed by atoms with van der Waals surface area (Å²) in [7, 11) is 3.23. The van der Waals surface area contributed by atoms with E-state index in [1.807, 2.05) is 18.2 Å². The van der Waals surface area contributed by atoms with Crippen LogP contribution in [0, 0.1) is 5.92 Å². The van der Waals surface area contributed by atoms with E-state index < -0.39 is 5.92 Å². The minimum Gasteiger partial charge on any atom is -0.358 e. The molecule has 1 atom stereocenters. The molecule has 164 valence electrons. The molecule has 0 aliphatic carbocycles. The third kappa shape index (κ3) is 4.42. The summed E-state index contributed by atoms with van der Waals surface area (Å²) < 4.78 is 0. The monoisotopic (exact) mass is 443 g/mol. The molecular weight excluding hydrogens is 418 g/mol. The van der Waals surface area contributed by atoms with Crippen LogP contribution in [0.3, 0.4) is 0 Å². The maximum atomic E-state index is 12.5. The minimum absolute atomic E-state index is 0.206. The minimum atomic E-state index is -0.733. The summed E-state index contributed by atoms with van der Waals surface area (Å²) in [6.07, 6.45) is 2.98. The third-order valence-corrected chi connectivity index (χ3v) is 5.95. The summed E-state index contributed by atoms with van der Waals surface area (Å²) in [5.41, 5.74) is 2.48. The molecule has 4 rings (SSSR count). The lowest BCUT2D eigenvalue weighted by Crippen LogP contribution is -2.45. The fourth-order valence-corrected chi connectivity index (χ4v) is 4.11. The summed E-state index contributed by atoms with van der Waals surface area (Å²) in [6, 6.07) is 5.67. The average Bonchev–Trinajstić information content (AvgIpc) is 3.07. The van der Waals surface area contributed by atoms with Gasteiger partial charge in [-0.25, -0.2) is 4.98 Å². The molecule has 31 heavy (non-hydrogen) atoms. The van der Waals surface area contributed by atoms with Gasteiger partial charge in [-0.3, -0.25) is 9.59 Å². The first-order valence-corrected chi connectivity index (χ1v) is 10.7. The second kappa shape index (κ2) is 9.07. The van der Waals surface area contributed by atoms with Gasteiger partial charge in [-0.05, 0) is 43.1 Å². The molecule has 10 heteroatoms. The second-order valence-corrected chi connectivity index (χ2v) is 8.10. The standard InChI is InChI=1S/C21H26ClN7O2/c1-23-19(30)15-11-13-10-14(4-5-17(13)28(2)20(15)31)26-18-16(22)12-25-21(27-18)29-8-3-6-24-7-9-29/h4-5,10,12,15,24H,3,6-9,11H2,1-2H3,(H,23,30)(H,25,26,27). The van der Waals surface area contributed by atoms with Crippen molar-refractivity contribution in [3.05, 3.63) is 35.0 Å². The largest absolute Gasteiger partial charge is 0.358 e. The highest BCUT2D eigenvalue weighted by Crippen LogP contribution is 2.33. The molecule has 1 aromatic heterocycles. The van der Waals surface area contributed by atoms with Crippen molar-refractivity contribution in [3.63, 3.8) is 0 Å². The molecule has 0 bridgehead atoms. The van der Waals surface area contributed by atoms with Crippen LogP contribution < -0.4 is 25.8 Å². The first kappa shape index (κ1) is 21.3. The van der Waals surface area contributed by atoms with E-state index in [0.29, 0.717) is 23.2 Å². The number of rotatable bonds is 4. The number of fused-ring (bicyclic) bond motifs is 1. The molecule has 2 amide bonds. The van der Waals surface area contributed by atoms with Crippen LogP contribution in [-0.4, -0.2) is 62.1 Å². The molecule has 1 unspecified atom stereocenters. The number of halogens is 1. The average molecular weight is 444 g/mol. The maximum absolute atomic E-state index is 12.5. The van der Waals surface area contributed by atoms with E-state index in [9.17, 15) is 9.59 Å². The molecule has 1 saturated heterocycles. The van der Waals surface area contributed by atoms with E-state index in [0.717, 1.165) is 49.5 Å². The normalized spacial score (nSPS) is 18.9. The summed E-state index contributed by atoms with van der Waals surface area (Å²) >= 11 is 6.36. The Labute approximate surface area is 186 Å². The Morgan fingerprint density at radius 1 is 1.29 bits per heavy atom. The van der Waals surface area contributed by atoms with Crippen LogP contribution in [0.15, 0.2) is 24.4 Å². The SMILES string of the molecule is CNC(=O)C1Cc2cc(Nc3nc(N4CCCNCC4)ncc3Cl)ccc2N(C)C1=O. The fourth-order valence-electron chi connectivity index (χ4n) is 3.97. The molecule has 0 saturated carbocycles. The van der Waals surface area contributed by atoms with E-state index in [4.69, 9.17) is 11.6 Å². The molecule has 2 aromatic rings. The number of benzene rings is 1. The van der Waals surface area contributed by atoms with Gasteiger partial charge in [-0.15, -0.1) is 0 Å². The van der Waals surface area contributed by atoms with Crippen molar-refractivity contribution < 1.29 is 9.59 Å². The predicted molar refractivity (Wildman–Crippen MR) is 121 cm³/mol. The van der Waals surface area contributed by atoms with Crippen LogP contribution in [-0.2, 0) is 16.0 Å². The van der Waals surface area contributed by atoms with Gasteiger partial charge < -0.3 is 25.8 Å². The van der Waals surface area contributed by atoms with Crippen molar-refractivity contribution in [3.8, 4) is 0 Å². The fraction of sp³-hybridized carbons (Fsp3) is 0.429. The zero-order valence-corrected chi connectivity index (χ0v) is 18.4. The lowest BCUT2D eigenvalue weighted by molar-refractivity contribution is -0.133. The Morgan fingerprint density at radius 3 is 2.94 bits per heavy atom. The van der Waals surface area contributed by atoms with Crippen molar-refractivity contribution in [1.29, 1.82) is 0 Å². The van der Waals surface area contributed by atoms with Gasteiger partial charge in [-0.2, -0.15) is 4.98 Å². The van der Waals surface area contributed by atoms with E-state index in [1.54, 1.807) is 13.2 Å². The van der Waals surface area contributed by atoms with Gasteiger partial charge >= 0.3 is 0 Å². The molecule has 0 spiro atoms. The first-order chi connectivity index (χ1) is 15.0. The summed E-state index contributed by atoms with van der Waals surface area (Å²) in [5, 5.41) is 9.64. The Morgan fingerprint density at radius 2 is 2.13 bits per heavy atom. The molecule has 3 heterocycles. The van der Waals surface area contributed by atoms with Crippen LogP contribution in [0.1, 0.15) is 12.0 Å². The van der Waals surface area contributed by atoms with Gasteiger partial charge in [0.15, 0.2) is 5.82 Å². The second-order valence-electron chi connectivity index (χ2n) is 7.69. The number of nitrogens with zero attached hydrogens (tertiary/aromatic N) is 4. The maximum Gasteiger partial charge on any atom is 0.239 e. The molecular formula is C21H26ClN7O2. The number of amides is 2. The zero-order valence-electron chi connectivity index (χ0n) is 17.6. The highest BCUT2D eigenvalue weighted by Gasteiger charge is 2.35. The van der Waals surface area contributed by atoms with Gasteiger partial charge in [0.05, 0.1) is 6.20 Å². The van der Waals surface area contributed by atoms with E-state index in [-0.39, 0.29) is 11.8 Å². The summed E-state index contributed by atoms with van der Waals surface area (Å²) in [4.78, 5) is 37.4. The third-order valence-electron chi connectivity index (χ3n) is 5.67. The Hall–Kier alpha value is -2.91. The number of carbonyl (C=O) groups excluding carboxylic acids is 2. The quantitative estimate of drug-likeness (QED) is 0.616. The van der Waals surface area contributed by atoms with Crippen molar-refractivity contribution in [2.45, 2.75) is 12.8 Å². The van der Waals surface area contributed by atoms with Gasteiger partial charge in [0.1, 0.15) is 10.9 Å². The van der Waals surface area contributed by atoms with Crippen LogP contribution in [0.5, 0.6) is 0 Å². The highest BCUT2D eigenvalue weighted by molar-refractivity contribution is 6.32. The Kier molecular flexibility index (Phi) is 6.24. The van der Waals surface area contributed by atoms with Crippen LogP contribution in [0.25, 0.3) is 0 Å². The Bertz CT molecular complexity index is 992. The van der Waals surface area contributed by atoms with Crippen LogP contribution in [0.2, 0.25) is 5.02 Å². The van der Waals surface area contributed by atoms with Crippen molar-refractivity contribution >= 4 is 46.6 Å². The smallest absolute Gasteiger partial charge is 0.239 e. The van der Waals surface area contributed by atoms with Crippen molar-refractivity contribution in [2.75, 3.05) is 55.4 Å². The van der Waals surface area contributed by atoms with Gasteiger partial charge in [0.2, 0.25) is 17.8 Å². The highest BCUT2D eigenvalue weighted by atomic mass is 35.5. The lowest BCUT2D eigenvalue weighted by atomic mass is 9.91. The number of anilines is 4. The number of hydrogen-bond donors (Lipinski definition) is 3. The van der Waals surface area contributed by atoms with E-state index in [2.05, 4.69) is 30.8 Å². The van der Waals surface area contributed by atoms with Gasteiger partial charge in [-0.1, -0.05) is 11.6 Å². The number of hydrogen-bond acceptors (Lipinski definition) is 7. The topological polar surface area (TPSA) is 102 Å². The molecule has 0 radical (unpaired) electrons. The zero-order chi connectivity index (χ0) is 22.0. The molecule has 9 nitrogen and oxygen atoms in total. The number of nitrogens with one attached hydrogen (secondary N) is 3. The summed E-state index contributed by atoms with van der Waals surface area (Å²) in [5.74, 6) is -0.0617. The Balaban J connectivity index is 1.59. The predicted octanol–water partition coefficient (Wildman–Crippen LogP) is 1.55. The van der Waals surface area contributed by atoms with E-state index >= 15 is 0 Å². The van der Waals surface area contributed by atoms with Crippen LogP contribution >= 0.6 is 11.6 Å². The van der Waals surface area contributed by atoms with Gasteiger partial charge in [0, 0.05) is 45.1 Å².